The number of amides is 1. The van der Waals surface area contributed by atoms with Crippen molar-refractivity contribution in [1.82, 2.24) is 10.6 Å². The van der Waals surface area contributed by atoms with Crippen LogP contribution in [0.4, 0.5) is 0 Å². The highest BCUT2D eigenvalue weighted by Crippen LogP contribution is 2.20. The third kappa shape index (κ3) is 4.03. The van der Waals surface area contributed by atoms with Crippen LogP contribution in [0, 0.1) is 5.92 Å². The molecule has 2 N–H and O–H groups in total. The highest BCUT2D eigenvalue weighted by Gasteiger charge is 2.33. The number of carbonyl (C=O) groups excluding carboxylic acids is 2. The summed E-state index contributed by atoms with van der Waals surface area (Å²) in [6.07, 6.45) is 1.63. The molecule has 1 aromatic carbocycles. The highest BCUT2D eigenvalue weighted by atomic mass is 35.5. The third-order valence-electron chi connectivity index (χ3n) is 3.31. The number of Topliss-reactive ketones (excluding diaryl/α,β-unsaturated/α-hetero) is 1. The number of ketones is 1. The molecule has 1 aliphatic rings. The standard InChI is InChI=1S/C14H16ClN3O3/c1-21-18-8-17-14(20)12-6-10(7-16-12)13(19)9-2-4-11(15)5-3-9/h2-5,8,10,12,16H,6-7H2,1H3,(H,17,18,20). The Hall–Kier alpha value is -1.92. The quantitative estimate of drug-likeness (QED) is 0.371. The largest absolute Gasteiger partial charge is 0.398 e. The zero-order valence-electron chi connectivity index (χ0n) is 11.5. The summed E-state index contributed by atoms with van der Waals surface area (Å²) in [7, 11) is 1.39. The van der Waals surface area contributed by atoms with E-state index in [0.717, 1.165) is 0 Å². The Kier molecular flexibility index (Phi) is 5.30. The molecule has 0 saturated carbocycles. The molecule has 21 heavy (non-hydrogen) atoms. The fourth-order valence-corrected chi connectivity index (χ4v) is 2.35. The van der Waals surface area contributed by atoms with Gasteiger partial charge in [-0.15, -0.1) is 0 Å². The second-order valence-electron chi connectivity index (χ2n) is 4.69. The van der Waals surface area contributed by atoms with Crippen LogP contribution in [-0.2, 0) is 9.63 Å². The lowest BCUT2D eigenvalue weighted by molar-refractivity contribution is -0.121. The van der Waals surface area contributed by atoms with E-state index in [-0.39, 0.29) is 17.6 Å². The topological polar surface area (TPSA) is 79.8 Å². The average Bonchev–Trinajstić information content (AvgIpc) is 2.97. The van der Waals surface area contributed by atoms with Gasteiger partial charge in [0.2, 0.25) is 5.91 Å². The molecule has 1 fully saturated rings. The molecule has 112 valence electrons. The number of rotatable bonds is 5. The maximum atomic E-state index is 12.3. The number of benzene rings is 1. The first-order valence-corrected chi connectivity index (χ1v) is 6.88. The lowest BCUT2D eigenvalue weighted by atomic mass is 9.95. The molecule has 2 unspecified atom stereocenters. The van der Waals surface area contributed by atoms with E-state index >= 15 is 0 Å². The number of hydrogen-bond acceptors (Lipinski definition) is 5. The Morgan fingerprint density at radius 3 is 2.81 bits per heavy atom. The molecule has 7 heteroatoms. The molecule has 1 heterocycles. The molecule has 1 saturated heterocycles. The SMILES string of the molecule is CO/N=C\NC(=O)C1CC(C(=O)c2ccc(Cl)cc2)CN1. The van der Waals surface area contributed by atoms with Crippen molar-refractivity contribution in [2.45, 2.75) is 12.5 Å². The van der Waals surface area contributed by atoms with Gasteiger partial charge in [-0.05, 0) is 30.7 Å². The molecular formula is C14H16ClN3O3. The Morgan fingerprint density at radius 2 is 2.14 bits per heavy atom. The van der Waals surface area contributed by atoms with Crippen LogP contribution in [0.3, 0.4) is 0 Å². The summed E-state index contributed by atoms with van der Waals surface area (Å²) in [5, 5.41) is 9.54. The van der Waals surface area contributed by atoms with Crippen molar-refractivity contribution in [2.24, 2.45) is 11.1 Å². The summed E-state index contributed by atoms with van der Waals surface area (Å²) in [6, 6.07) is 6.35. The van der Waals surface area contributed by atoms with Crippen LogP contribution in [0.5, 0.6) is 0 Å². The smallest absolute Gasteiger partial charge is 0.242 e. The Balaban J connectivity index is 1.92. The van der Waals surface area contributed by atoms with Crippen molar-refractivity contribution in [3.05, 3.63) is 34.9 Å². The van der Waals surface area contributed by atoms with E-state index in [1.54, 1.807) is 24.3 Å². The Morgan fingerprint density at radius 1 is 1.43 bits per heavy atom. The molecule has 0 aliphatic carbocycles. The van der Waals surface area contributed by atoms with Crippen LogP contribution in [0.25, 0.3) is 0 Å². The summed E-state index contributed by atoms with van der Waals surface area (Å²) in [5.74, 6) is -0.441. The average molecular weight is 310 g/mol. The van der Waals surface area contributed by atoms with Crippen molar-refractivity contribution >= 4 is 29.6 Å². The summed E-state index contributed by atoms with van der Waals surface area (Å²) in [6.45, 7) is 0.473. The lowest BCUT2D eigenvalue weighted by Gasteiger charge is -2.09. The predicted molar refractivity (Wildman–Crippen MR) is 79.3 cm³/mol. The van der Waals surface area contributed by atoms with E-state index in [4.69, 9.17) is 11.6 Å². The summed E-state index contributed by atoms with van der Waals surface area (Å²) >= 11 is 5.80. The van der Waals surface area contributed by atoms with Crippen molar-refractivity contribution in [2.75, 3.05) is 13.7 Å². The molecule has 0 aromatic heterocycles. The van der Waals surface area contributed by atoms with Crippen LogP contribution < -0.4 is 10.6 Å². The van der Waals surface area contributed by atoms with Crippen LogP contribution in [0.15, 0.2) is 29.4 Å². The van der Waals surface area contributed by atoms with E-state index in [1.165, 1.54) is 13.4 Å². The number of oxime groups is 1. The van der Waals surface area contributed by atoms with Crippen molar-refractivity contribution in [3.8, 4) is 0 Å². The van der Waals surface area contributed by atoms with Crippen LogP contribution in [0.2, 0.25) is 5.02 Å². The number of carbonyl (C=O) groups is 2. The van der Waals surface area contributed by atoms with Gasteiger partial charge >= 0.3 is 0 Å². The minimum absolute atomic E-state index is 0.0139. The van der Waals surface area contributed by atoms with E-state index in [9.17, 15) is 9.59 Å². The number of nitrogens with one attached hydrogen (secondary N) is 2. The molecule has 1 aliphatic heterocycles. The van der Waals surface area contributed by atoms with Gasteiger partial charge in [-0.25, -0.2) is 0 Å². The lowest BCUT2D eigenvalue weighted by Crippen LogP contribution is -2.39. The Labute approximate surface area is 127 Å². The molecule has 2 rings (SSSR count). The number of hydrogen-bond donors (Lipinski definition) is 2. The zero-order valence-corrected chi connectivity index (χ0v) is 12.3. The first-order valence-electron chi connectivity index (χ1n) is 6.50. The molecule has 2 atom stereocenters. The van der Waals surface area contributed by atoms with Gasteiger partial charge in [0.15, 0.2) is 5.78 Å². The minimum atomic E-state index is -0.408. The second-order valence-corrected chi connectivity index (χ2v) is 5.13. The summed E-state index contributed by atoms with van der Waals surface area (Å²) in [5.41, 5.74) is 0.605. The second kappa shape index (κ2) is 7.19. The van der Waals surface area contributed by atoms with Gasteiger partial charge < -0.3 is 15.5 Å². The molecule has 6 nitrogen and oxygen atoms in total. The van der Waals surface area contributed by atoms with Gasteiger partial charge in [-0.1, -0.05) is 16.8 Å². The number of nitrogens with zero attached hydrogens (tertiary/aromatic N) is 1. The van der Waals surface area contributed by atoms with Crippen molar-refractivity contribution < 1.29 is 14.4 Å². The molecule has 0 bridgehead atoms. The summed E-state index contributed by atoms with van der Waals surface area (Å²) < 4.78 is 0. The first kappa shape index (κ1) is 15.5. The summed E-state index contributed by atoms with van der Waals surface area (Å²) in [4.78, 5) is 28.6. The van der Waals surface area contributed by atoms with Crippen molar-refractivity contribution in [1.29, 1.82) is 0 Å². The van der Waals surface area contributed by atoms with Gasteiger partial charge in [0.05, 0.1) is 6.04 Å². The van der Waals surface area contributed by atoms with Gasteiger partial charge in [0, 0.05) is 23.0 Å². The van der Waals surface area contributed by atoms with Gasteiger partial charge in [-0.2, -0.15) is 0 Å². The normalized spacial score (nSPS) is 21.4. The maximum Gasteiger partial charge on any atom is 0.242 e. The van der Waals surface area contributed by atoms with E-state index in [2.05, 4.69) is 20.6 Å². The fourth-order valence-electron chi connectivity index (χ4n) is 2.23. The van der Waals surface area contributed by atoms with Crippen molar-refractivity contribution in [3.63, 3.8) is 0 Å². The molecule has 1 aromatic rings. The minimum Gasteiger partial charge on any atom is -0.398 e. The van der Waals surface area contributed by atoms with E-state index in [0.29, 0.717) is 23.6 Å². The zero-order chi connectivity index (χ0) is 15.2. The van der Waals surface area contributed by atoms with Crippen LogP contribution in [-0.4, -0.2) is 37.7 Å². The highest BCUT2D eigenvalue weighted by molar-refractivity contribution is 6.30. The molecule has 1 amide bonds. The Bertz CT molecular complexity index is 545. The fraction of sp³-hybridized carbons (Fsp3) is 0.357. The van der Waals surface area contributed by atoms with Crippen LogP contribution >= 0.6 is 11.6 Å². The van der Waals surface area contributed by atoms with Gasteiger partial charge in [0.1, 0.15) is 13.4 Å². The molecule has 0 spiro atoms. The maximum absolute atomic E-state index is 12.3. The van der Waals surface area contributed by atoms with E-state index < -0.39 is 6.04 Å². The first-order chi connectivity index (χ1) is 10.1. The molecule has 0 radical (unpaired) electrons. The van der Waals surface area contributed by atoms with Gasteiger partial charge in [0.25, 0.3) is 0 Å². The third-order valence-corrected chi connectivity index (χ3v) is 3.56. The predicted octanol–water partition coefficient (Wildman–Crippen LogP) is 1.21. The van der Waals surface area contributed by atoms with E-state index in [1.807, 2.05) is 0 Å². The monoisotopic (exact) mass is 309 g/mol. The number of halogens is 1. The van der Waals surface area contributed by atoms with Gasteiger partial charge in [-0.3, -0.25) is 9.59 Å². The van der Waals surface area contributed by atoms with Crippen LogP contribution in [0.1, 0.15) is 16.8 Å². The molecular weight excluding hydrogens is 294 g/mol.